The molecule has 11 heavy (non-hydrogen) atoms. The molecule has 3 N–H and O–H groups in total. The average Bonchev–Trinajstić information content (AvgIpc) is 2.04. The minimum Gasteiger partial charge on any atom is -0.399 e. The fraction of sp³-hybridized carbons (Fsp3) is 0.250. The summed E-state index contributed by atoms with van der Waals surface area (Å²) in [6.07, 6.45) is 0. The third kappa shape index (κ3) is 2.82. The first-order chi connectivity index (χ1) is 5.33. The fourth-order valence-electron chi connectivity index (χ4n) is 0.769. The largest absolute Gasteiger partial charge is 0.399 e. The van der Waals surface area contributed by atoms with Gasteiger partial charge in [0.05, 0.1) is 0 Å². The van der Waals surface area contributed by atoms with Gasteiger partial charge in [-0.2, -0.15) is 0 Å². The first-order valence-electron chi connectivity index (χ1n) is 3.46. The lowest BCUT2D eigenvalue weighted by atomic mass is 10.2. The number of benzene rings is 1. The molecule has 1 aromatic rings. The van der Waals surface area contributed by atoms with Crippen LogP contribution in [0.2, 0.25) is 0 Å². The number of anilines is 1. The average molecular weight is 168 g/mol. The van der Waals surface area contributed by atoms with Gasteiger partial charge in [0.25, 0.3) is 0 Å². The molecule has 0 radical (unpaired) electrons. The number of nitrogen functional groups attached to an aromatic ring is 1. The molecule has 3 heteroatoms. The molecular weight excluding hydrogens is 156 g/mol. The van der Waals surface area contributed by atoms with Gasteiger partial charge in [0.2, 0.25) is 0 Å². The molecule has 2 nitrogen and oxygen atoms in total. The van der Waals surface area contributed by atoms with Crippen molar-refractivity contribution in [1.82, 2.24) is 4.72 Å². The fourth-order valence-corrected chi connectivity index (χ4v) is 1.27. The van der Waals surface area contributed by atoms with Crippen molar-refractivity contribution < 1.29 is 0 Å². The van der Waals surface area contributed by atoms with E-state index in [4.69, 9.17) is 5.73 Å². The summed E-state index contributed by atoms with van der Waals surface area (Å²) < 4.78 is 3.02. The zero-order chi connectivity index (χ0) is 8.10. The van der Waals surface area contributed by atoms with Crippen molar-refractivity contribution >= 4 is 17.6 Å². The Bertz CT molecular complexity index is 208. The highest BCUT2D eigenvalue weighted by molar-refractivity contribution is 7.96. The van der Waals surface area contributed by atoms with Crippen LogP contribution in [0.15, 0.2) is 24.3 Å². The number of rotatable bonds is 3. The second-order valence-corrected chi connectivity index (χ2v) is 3.22. The van der Waals surface area contributed by atoms with Crippen molar-refractivity contribution in [2.24, 2.45) is 0 Å². The second-order valence-electron chi connectivity index (χ2n) is 2.23. The van der Waals surface area contributed by atoms with Crippen LogP contribution < -0.4 is 10.5 Å². The highest BCUT2D eigenvalue weighted by Gasteiger charge is 1.90. The van der Waals surface area contributed by atoms with E-state index in [1.54, 1.807) is 11.9 Å². The molecule has 0 aromatic heterocycles. The standard InChI is InChI=1S/C8H12N2S/c1-10-11-6-7-2-4-8(9)5-3-7/h2-5,10H,6,9H2,1H3. The molecule has 1 rings (SSSR count). The molecule has 0 aliphatic carbocycles. The van der Waals surface area contributed by atoms with Gasteiger partial charge in [-0.1, -0.05) is 24.1 Å². The lowest BCUT2D eigenvalue weighted by molar-refractivity contribution is 1.27. The first kappa shape index (κ1) is 8.43. The quantitative estimate of drug-likeness (QED) is 0.532. The lowest BCUT2D eigenvalue weighted by Crippen LogP contribution is -1.93. The number of nitrogens with two attached hydrogens (primary N) is 1. The molecule has 0 aliphatic rings. The van der Waals surface area contributed by atoms with Crippen molar-refractivity contribution in [2.45, 2.75) is 5.75 Å². The summed E-state index contributed by atoms with van der Waals surface area (Å²) in [5.41, 5.74) is 7.65. The predicted octanol–water partition coefficient (Wildman–Crippen LogP) is 1.64. The van der Waals surface area contributed by atoms with E-state index in [1.165, 1.54) is 5.56 Å². The third-order valence-corrected chi connectivity index (χ3v) is 2.13. The zero-order valence-electron chi connectivity index (χ0n) is 6.50. The SMILES string of the molecule is CNSCc1ccc(N)cc1. The van der Waals surface area contributed by atoms with Crippen LogP contribution in [-0.2, 0) is 5.75 Å². The Morgan fingerprint density at radius 1 is 1.36 bits per heavy atom. The molecule has 0 amide bonds. The molecule has 0 heterocycles. The van der Waals surface area contributed by atoms with Crippen molar-refractivity contribution in [2.75, 3.05) is 12.8 Å². The van der Waals surface area contributed by atoms with Crippen LogP contribution in [0.3, 0.4) is 0 Å². The van der Waals surface area contributed by atoms with E-state index in [-0.39, 0.29) is 0 Å². The van der Waals surface area contributed by atoms with E-state index < -0.39 is 0 Å². The van der Waals surface area contributed by atoms with Crippen molar-refractivity contribution in [3.63, 3.8) is 0 Å². The molecular formula is C8H12N2S. The van der Waals surface area contributed by atoms with Crippen LogP contribution in [0.25, 0.3) is 0 Å². The van der Waals surface area contributed by atoms with E-state index in [0.29, 0.717) is 0 Å². The number of nitrogens with one attached hydrogen (secondary N) is 1. The van der Waals surface area contributed by atoms with Gasteiger partial charge in [-0.25, -0.2) is 0 Å². The van der Waals surface area contributed by atoms with E-state index in [0.717, 1.165) is 11.4 Å². The van der Waals surface area contributed by atoms with E-state index in [1.807, 2.05) is 31.3 Å². The van der Waals surface area contributed by atoms with Crippen LogP contribution in [-0.4, -0.2) is 7.05 Å². The van der Waals surface area contributed by atoms with Crippen molar-refractivity contribution in [3.8, 4) is 0 Å². The molecule has 0 aliphatic heterocycles. The normalized spacial score (nSPS) is 9.91. The Labute approximate surface area is 71.3 Å². The second kappa shape index (κ2) is 4.26. The Morgan fingerprint density at radius 3 is 2.55 bits per heavy atom. The summed E-state index contributed by atoms with van der Waals surface area (Å²) in [5.74, 6) is 0.983. The lowest BCUT2D eigenvalue weighted by Gasteiger charge is -1.99. The Hall–Kier alpha value is -0.670. The van der Waals surface area contributed by atoms with Gasteiger partial charge >= 0.3 is 0 Å². The minimum atomic E-state index is 0.822. The monoisotopic (exact) mass is 168 g/mol. The van der Waals surface area contributed by atoms with Gasteiger partial charge in [-0.05, 0) is 24.7 Å². The molecule has 0 saturated heterocycles. The van der Waals surface area contributed by atoms with Crippen LogP contribution in [0.4, 0.5) is 5.69 Å². The molecule has 1 aromatic carbocycles. The first-order valence-corrected chi connectivity index (χ1v) is 4.44. The summed E-state index contributed by atoms with van der Waals surface area (Å²) in [6.45, 7) is 0. The molecule has 0 atom stereocenters. The summed E-state index contributed by atoms with van der Waals surface area (Å²) in [4.78, 5) is 0. The van der Waals surface area contributed by atoms with Crippen molar-refractivity contribution in [1.29, 1.82) is 0 Å². The van der Waals surface area contributed by atoms with Gasteiger partial charge in [0.15, 0.2) is 0 Å². The third-order valence-electron chi connectivity index (χ3n) is 1.36. The summed E-state index contributed by atoms with van der Waals surface area (Å²) >= 11 is 1.68. The highest BCUT2D eigenvalue weighted by Crippen LogP contribution is 2.10. The molecule has 0 spiro atoms. The minimum absolute atomic E-state index is 0.822. The number of hydrogen-bond donors (Lipinski definition) is 2. The van der Waals surface area contributed by atoms with Crippen LogP contribution in [0, 0.1) is 0 Å². The topological polar surface area (TPSA) is 38.0 Å². The maximum Gasteiger partial charge on any atom is 0.0330 e. The van der Waals surface area contributed by atoms with E-state index in [2.05, 4.69) is 4.72 Å². The van der Waals surface area contributed by atoms with Crippen molar-refractivity contribution in [3.05, 3.63) is 29.8 Å². The molecule has 0 unspecified atom stereocenters. The maximum absolute atomic E-state index is 5.53. The molecule has 60 valence electrons. The summed E-state index contributed by atoms with van der Waals surface area (Å²) in [7, 11) is 1.92. The number of hydrogen-bond acceptors (Lipinski definition) is 3. The van der Waals surface area contributed by atoms with Crippen LogP contribution >= 0.6 is 11.9 Å². The molecule has 0 bridgehead atoms. The van der Waals surface area contributed by atoms with Gasteiger partial charge < -0.3 is 5.73 Å². The van der Waals surface area contributed by atoms with Crippen LogP contribution in [0.5, 0.6) is 0 Å². The maximum atomic E-state index is 5.53. The predicted molar refractivity (Wildman–Crippen MR) is 51.2 cm³/mol. The zero-order valence-corrected chi connectivity index (χ0v) is 7.32. The van der Waals surface area contributed by atoms with E-state index in [9.17, 15) is 0 Å². The highest BCUT2D eigenvalue weighted by atomic mass is 32.2. The summed E-state index contributed by atoms with van der Waals surface area (Å²) in [6, 6.07) is 7.93. The Morgan fingerprint density at radius 2 is 2.00 bits per heavy atom. The Balaban J connectivity index is 2.52. The van der Waals surface area contributed by atoms with Gasteiger partial charge in [-0.15, -0.1) is 0 Å². The van der Waals surface area contributed by atoms with Crippen LogP contribution in [0.1, 0.15) is 5.56 Å². The Kier molecular flexibility index (Phi) is 3.26. The molecule has 0 saturated carbocycles. The molecule has 0 fully saturated rings. The van der Waals surface area contributed by atoms with E-state index >= 15 is 0 Å². The summed E-state index contributed by atoms with van der Waals surface area (Å²) in [5, 5.41) is 0. The van der Waals surface area contributed by atoms with Gasteiger partial charge in [0, 0.05) is 11.4 Å². The van der Waals surface area contributed by atoms with Gasteiger partial charge in [0.1, 0.15) is 0 Å². The van der Waals surface area contributed by atoms with Gasteiger partial charge in [-0.3, -0.25) is 4.72 Å². The smallest absolute Gasteiger partial charge is 0.0330 e.